The Morgan fingerprint density at radius 1 is 1.38 bits per heavy atom. The van der Waals surface area contributed by atoms with Crippen LogP contribution in [0.1, 0.15) is 31.4 Å². The highest BCUT2D eigenvalue weighted by molar-refractivity contribution is 5.91. The second kappa shape index (κ2) is 5.70. The van der Waals surface area contributed by atoms with E-state index >= 15 is 0 Å². The minimum atomic E-state index is -0.0769. The molecular weight excluding hydrogens is 304 g/mol. The van der Waals surface area contributed by atoms with E-state index in [4.69, 9.17) is 5.73 Å². The second-order valence-electron chi connectivity index (χ2n) is 6.85. The van der Waals surface area contributed by atoms with E-state index in [0.29, 0.717) is 36.2 Å². The Hall–Kier alpha value is -2.21. The predicted octanol–water partition coefficient (Wildman–Crippen LogP) is -0.0582. The predicted molar refractivity (Wildman–Crippen MR) is 92.8 cm³/mol. The number of aromatic nitrogens is 3. The van der Waals surface area contributed by atoms with Crippen molar-refractivity contribution in [3.8, 4) is 0 Å². The summed E-state index contributed by atoms with van der Waals surface area (Å²) >= 11 is 0. The summed E-state index contributed by atoms with van der Waals surface area (Å²) in [5.74, 6) is 0.417. The fraction of sp³-hybridized carbons (Fsp3) is 0.500. The number of nitrogens with two attached hydrogens (primary N) is 1. The first-order chi connectivity index (χ1) is 11.6. The minimum Gasteiger partial charge on any atom is -0.330 e. The zero-order valence-electron chi connectivity index (χ0n) is 13.8. The number of aryl methyl sites for hydroxylation is 1. The number of hydrogen-bond acceptors (Lipinski definition) is 4. The molecule has 24 heavy (non-hydrogen) atoms. The molecule has 126 valence electrons. The van der Waals surface area contributed by atoms with Crippen molar-refractivity contribution in [2.45, 2.75) is 39.2 Å². The van der Waals surface area contributed by atoms with Gasteiger partial charge >= 0.3 is 0 Å². The van der Waals surface area contributed by atoms with Crippen LogP contribution in [0.5, 0.6) is 0 Å². The van der Waals surface area contributed by atoms with E-state index in [2.05, 4.69) is 16.3 Å². The molecule has 2 aliphatic rings. The number of rotatable bonds is 3. The molecular formula is C18H22N4O2. The van der Waals surface area contributed by atoms with Gasteiger partial charge in [0, 0.05) is 35.1 Å². The van der Waals surface area contributed by atoms with Crippen LogP contribution in [0.25, 0.3) is 23.1 Å². The number of ketones is 1. The Balaban J connectivity index is 2.08. The van der Waals surface area contributed by atoms with Crippen molar-refractivity contribution in [3.63, 3.8) is 0 Å². The van der Waals surface area contributed by atoms with Gasteiger partial charge in [-0.25, -0.2) is 0 Å². The fourth-order valence-electron chi connectivity index (χ4n) is 4.10. The molecule has 2 aromatic rings. The number of H-pyrrole nitrogens is 1. The molecule has 2 aliphatic carbocycles. The molecule has 0 saturated heterocycles. The van der Waals surface area contributed by atoms with Crippen LogP contribution < -0.4 is 21.9 Å². The molecule has 6 heteroatoms. The number of nitrogens with zero attached hydrogens (tertiary/aromatic N) is 2. The molecule has 0 spiro atoms. The van der Waals surface area contributed by atoms with Gasteiger partial charge in [-0.2, -0.15) is 5.10 Å². The Morgan fingerprint density at radius 2 is 2.21 bits per heavy atom. The third-order valence-electron chi connectivity index (χ3n) is 5.33. The minimum absolute atomic E-state index is 0.0197. The molecule has 1 saturated carbocycles. The summed E-state index contributed by atoms with van der Waals surface area (Å²) in [4.78, 5) is 25.3. The molecule has 0 aliphatic heterocycles. The Labute approximate surface area is 139 Å². The normalized spacial score (nSPS) is 22.7. The van der Waals surface area contributed by atoms with Crippen LogP contribution >= 0.6 is 0 Å². The molecule has 2 aromatic heterocycles. The van der Waals surface area contributed by atoms with Gasteiger partial charge in [0.2, 0.25) is 0 Å². The summed E-state index contributed by atoms with van der Waals surface area (Å²) in [6.07, 6.45) is 7.48. The zero-order valence-corrected chi connectivity index (χ0v) is 13.8. The van der Waals surface area contributed by atoms with Crippen molar-refractivity contribution >= 4 is 28.8 Å². The van der Waals surface area contributed by atoms with Gasteiger partial charge in [-0.15, -0.1) is 0 Å². The molecule has 4 rings (SSSR count). The fourth-order valence-corrected chi connectivity index (χ4v) is 4.10. The maximum atomic E-state index is 13.0. The highest BCUT2D eigenvalue weighted by Gasteiger charge is 2.31. The summed E-state index contributed by atoms with van der Waals surface area (Å²) < 4.78 is 1.82. The quantitative estimate of drug-likeness (QED) is 0.826. The van der Waals surface area contributed by atoms with Crippen LogP contribution in [0.3, 0.4) is 0 Å². The smallest absolute Gasteiger partial charge is 0.262 e. The van der Waals surface area contributed by atoms with Crippen LogP contribution in [0.15, 0.2) is 4.79 Å². The topological polar surface area (TPSA) is 93.8 Å². The highest BCUT2D eigenvalue weighted by Crippen LogP contribution is 2.30. The van der Waals surface area contributed by atoms with Gasteiger partial charge < -0.3 is 10.3 Å². The number of aromatic amines is 1. The highest BCUT2D eigenvalue weighted by atomic mass is 16.1. The van der Waals surface area contributed by atoms with Crippen LogP contribution in [-0.2, 0) is 11.3 Å². The summed E-state index contributed by atoms with van der Waals surface area (Å²) in [7, 11) is 0. The Bertz CT molecular complexity index is 999. The van der Waals surface area contributed by atoms with Crippen molar-refractivity contribution in [2.75, 3.05) is 6.54 Å². The number of pyridine rings is 1. The molecule has 3 N–H and O–H groups in total. The molecule has 0 radical (unpaired) electrons. The Kier molecular flexibility index (Phi) is 3.64. The number of Topliss-reactive ketones (excluding diaryl/α,β-unsaturated/α-hetero) is 1. The lowest BCUT2D eigenvalue weighted by Gasteiger charge is -2.28. The van der Waals surface area contributed by atoms with E-state index in [9.17, 15) is 9.59 Å². The number of hydrogen-bond donors (Lipinski definition) is 2. The van der Waals surface area contributed by atoms with E-state index in [1.807, 2.05) is 17.6 Å². The number of fused-ring (bicyclic) bond motifs is 4. The third kappa shape index (κ3) is 2.17. The van der Waals surface area contributed by atoms with Crippen molar-refractivity contribution in [1.82, 2.24) is 14.8 Å². The molecule has 0 bridgehead atoms. The van der Waals surface area contributed by atoms with Gasteiger partial charge in [-0.1, -0.05) is 12.2 Å². The first kappa shape index (κ1) is 15.3. The molecule has 0 amide bonds. The maximum Gasteiger partial charge on any atom is 0.262 e. The lowest BCUT2D eigenvalue weighted by atomic mass is 9.76. The van der Waals surface area contributed by atoms with Crippen molar-refractivity contribution in [1.29, 1.82) is 0 Å². The monoisotopic (exact) mass is 326 g/mol. The second-order valence-corrected chi connectivity index (χ2v) is 6.85. The Morgan fingerprint density at radius 3 is 3.00 bits per heavy atom. The van der Waals surface area contributed by atoms with Gasteiger partial charge in [0.15, 0.2) is 0 Å². The molecule has 1 fully saturated rings. The molecule has 2 unspecified atom stereocenters. The summed E-state index contributed by atoms with van der Waals surface area (Å²) in [5, 5.41) is 9.73. The average Bonchev–Trinajstić information content (AvgIpc) is 2.96. The lowest BCUT2D eigenvalue weighted by molar-refractivity contribution is -0.123. The average molecular weight is 326 g/mol. The first-order valence-corrected chi connectivity index (χ1v) is 8.65. The number of nitrogens with one attached hydrogen (secondary N) is 1. The zero-order chi connectivity index (χ0) is 16.8. The molecule has 6 nitrogen and oxygen atoms in total. The van der Waals surface area contributed by atoms with Gasteiger partial charge in [0.05, 0.1) is 5.39 Å². The van der Waals surface area contributed by atoms with E-state index in [-0.39, 0.29) is 17.4 Å². The SMILES string of the molecule is Cc1[nH]nc2c3c(n(CCCN)c(=O)c12)=CC1CCCC(=O)C1C=3. The molecule has 2 heterocycles. The molecule has 0 aromatic carbocycles. The van der Waals surface area contributed by atoms with Crippen LogP contribution in [0.4, 0.5) is 0 Å². The van der Waals surface area contributed by atoms with Gasteiger partial charge in [-0.05, 0) is 38.6 Å². The van der Waals surface area contributed by atoms with E-state index < -0.39 is 0 Å². The first-order valence-electron chi connectivity index (χ1n) is 8.65. The van der Waals surface area contributed by atoms with Crippen LogP contribution in [0.2, 0.25) is 0 Å². The third-order valence-corrected chi connectivity index (χ3v) is 5.33. The van der Waals surface area contributed by atoms with Crippen LogP contribution in [-0.4, -0.2) is 27.1 Å². The van der Waals surface area contributed by atoms with Crippen LogP contribution in [0, 0.1) is 18.8 Å². The van der Waals surface area contributed by atoms with Crippen molar-refractivity contribution < 1.29 is 4.79 Å². The molecule has 2 atom stereocenters. The van der Waals surface area contributed by atoms with E-state index in [0.717, 1.165) is 35.5 Å². The van der Waals surface area contributed by atoms with Crippen molar-refractivity contribution in [2.24, 2.45) is 17.6 Å². The van der Waals surface area contributed by atoms with Gasteiger partial charge in [0.1, 0.15) is 11.3 Å². The van der Waals surface area contributed by atoms with E-state index in [1.165, 1.54) is 0 Å². The van der Waals surface area contributed by atoms with Gasteiger partial charge in [0.25, 0.3) is 5.56 Å². The van der Waals surface area contributed by atoms with E-state index in [1.54, 1.807) is 0 Å². The summed E-state index contributed by atoms with van der Waals surface area (Å²) in [6.45, 7) is 2.99. The lowest BCUT2D eigenvalue weighted by Crippen LogP contribution is -2.48. The number of carbonyl (C=O) groups excluding carboxylic acids is 1. The largest absolute Gasteiger partial charge is 0.330 e. The standard InChI is InChI=1S/C18H22N4O2/c1-10-16-17(21-20-10)13-9-12-11(4-2-5-15(12)23)8-14(13)22(18(16)24)7-3-6-19/h8-9,11-12H,2-7,19H2,1H3,(H,20,21). The number of carbonyl (C=O) groups is 1. The maximum absolute atomic E-state index is 13.0. The van der Waals surface area contributed by atoms with Crippen molar-refractivity contribution in [3.05, 3.63) is 26.6 Å². The summed E-state index contributed by atoms with van der Waals surface area (Å²) in [5.41, 5.74) is 7.09. The summed E-state index contributed by atoms with van der Waals surface area (Å²) in [6, 6.07) is 0. The van der Waals surface area contributed by atoms with Gasteiger partial charge in [-0.3, -0.25) is 14.7 Å².